The van der Waals surface area contributed by atoms with E-state index >= 15 is 0 Å². The fraction of sp³-hybridized carbons (Fsp3) is 0.571. The third kappa shape index (κ3) is 3.44. The molecule has 5 rings (SSSR count). The fourth-order valence-electron chi connectivity index (χ4n) is 5.00. The van der Waals surface area contributed by atoms with Crippen LogP contribution in [0.2, 0.25) is 0 Å². The van der Waals surface area contributed by atoms with Gasteiger partial charge in [-0.2, -0.15) is 0 Å². The zero-order chi connectivity index (χ0) is 21.6. The average Bonchev–Trinajstić information content (AvgIpc) is 3.13. The molecule has 164 valence electrons. The van der Waals surface area contributed by atoms with Crippen molar-refractivity contribution in [2.24, 2.45) is 0 Å². The maximum Gasteiger partial charge on any atom is 0.263 e. The highest BCUT2D eigenvalue weighted by molar-refractivity contribution is 5.93. The number of aryl methyl sites for hydroxylation is 1. The molecule has 2 fully saturated rings. The largest absolute Gasteiger partial charge is 0.378 e. The molecule has 1 aliphatic carbocycles. The smallest absolute Gasteiger partial charge is 0.263 e. The number of ether oxygens (including phenoxy) is 1. The first-order chi connectivity index (χ1) is 15.0. The Balaban J connectivity index is 1.38. The Labute approximate surface area is 178 Å². The van der Waals surface area contributed by atoms with Crippen molar-refractivity contribution in [2.75, 3.05) is 44.3 Å². The average molecular weight is 426 g/mol. The topological polar surface area (TPSA) is 124 Å². The number of carbonyl (C=O) groups is 1. The number of anilines is 1. The molecule has 3 aliphatic rings. The summed E-state index contributed by atoms with van der Waals surface area (Å²) in [7, 11) is 0. The van der Waals surface area contributed by atoms with Crippen LogP contribution in [0.15, 0.2) is 15.8 Å². The molecule has 2 N–H and O–H groups in total. The maximum atomic E-state index is 12.9. The number of nitrogens with one attached hydrogen (secondary N) is 2. The predicted molar refractivity (Wildman–Crippen MR) is 113 cm³/mol. The number of H-pyrrole nitrogens is 2. The summed E-state index contributed by atoms with van der Waals surface area (Å²) in [5, 5.41) is 0. The number of aromatic amines is 2. The van der Waals surface area contributed by atoms with Crippen molar-refractivity contribution in [1.82, 2.24) is 24.8 Å². The third-order valence-corrected chi connectivity index (χ3v) is 6.83. The molecule has 10 heteroatoms. The van der Waals surface area contributed by atoms with Gasteiger partial charge in [-0.3, -0.25) is 19.4 Å². The van der Waals surface area contributed by atoms with Crippen LogP contribution in [0.5, 0.6) is 0 Å². The quantitative estimate of drug-likeness (QED) is 0.699. The van der Waals surface area contributed by atoms with Gasteiger partial charge in [0.25, 0.3) is 17.0 Å². The monoisotopic (exact) mass is 426 g/mol. The number of carbonyl (C=O) groups excluding carboxylic acids is 1. The molecule has 2 aromatic heterocycles. The first kappa shape index (κ1) is 19.9. The van der Waals surface area contributed by atoms with E-state index in [0.717, 1.165) is 30.5 Å². The van der Waals surface area contributed by atoms with Gasteiger partial charge >= 0.3 is 0 Å². The van der Waals surface area contributed by atoms with Crippen molar-refractivity contribution in [3.63, 3.8) is 0 Å². The van der Waals surface area contributed by atoms with Crippen LogP contribution in [-0.2, 0) is 16.6 Å². The molecule has 4 heterocycles. The Hall–Kier alpha value is -3.01. The summed E-state index contributed by atoms with van der Waals surface area (Å²) in [6, 6.07) is 0. The molecular formula is C21H26N6O4. The van der Waals surface area contributed by atoms with Crippen LogP contribution >= 0.6 is 0 Å². The summed E-state index contributed by atoms with van der Waals surface area (Å²) in [5.74, 6) is 0.799. The molecule has 2 aliphatic heterocycles. The third-order valence-electron chi connectivity index (χ3n) is 6.83. The normalized spacial score (nSPS) is 20.2. The predicted octanol–water partition coefficient (Wildman–Crippen LogP) is 0.118. The Morgan fingerprint density at radius 3 is 2.52 bits per heavy atom. The van der Waals surface area contributed by atoms with E-state index in [4.69, 9.17) is 9.72 Å². The molecule has 0 atom stereocenters. The van der Waals surface area contributed by atoms with Gasteiger partial charge in [-0.05, 0) is 32.6 Å². The van der Waals surface area contributed by atoms with Crippen molar-refractivity contribution in [2.45, 2.75) is 38.0 Å². The highest BCUT2D eigenvalue weighted by atomic mass is 16.5. The van der Waals surface area contributed by atoms with Crippen molar-refractivity contribution in [3.8, 4) is 0 Å². The van der Waals surface area contributed by atoms with E-state index < -0.39 is 5.56 Å². The van der Waals surface area contributed by atoms with Crippen LogP contribution in [0.1, 0.15) is 46.7 Å². The van der Waals surface area contributed by atoms with Gasteiger partial charge in [-0.1, -0.05) is 0 Å². The van der Waals surface area contributed by atoms with Crippen molar-refractivity contribution >= 4 is 11.9 Å². The van der Waals surface area contributed by atoms with Gasteiger partial charge in [-0.25, -0.2) is 9.97 Å². The molecule has 10 nitrogen and oxygen atoms in total. The number of rotatable bonds is 2. The molecular weight excluding hydrogens is 400 g/mol. The van der Waals surface area contributed by atoms with Gasteiger partial charge in [0.2, 0.25) is 5.95 Å². The second kappa shape index (κ2) is 7.60. The molecule has 1 amide bonds. The molecule has 0 saturated carbocycles. The number of piperidine rings is 1. The van der Waals surface area contributed by atoms with Crippen LogP contribution in [0.25, 0.3) is 0 Å². The van der Waals surface area contributed by atoms with E-state index in [0.29, 0.717) is 57.6 Å². The zero-order valence-corrected chi connectivity index (χ0v) is 17.6. The number of fused-ring (bicyclic) bond motifs is 2. The van der Waals surface area contributed by atoms with Gasteiger partial charge in [0.05, 0.1) is 18.9 Å². The minimum absolute atomic E-state index is 0.0564. The molecule has 0 unspecified atom stereocenters. The van der Waals surface area contributed by atoms with Gasteiger partial charge in [-0.15, -0.1) is 0 Å². The highest BCUT2D eigenvalue weighted by Gasteiger charge is 2.45. The standard InChI is InChI=1S/C21H26N6O4/c1-13-22-12-15(18(29)23-13)19(30)26-6-4-21(5-7-26)3-2-14-16(21)24-20(25-17(14)28)27-8-10-31-11-9-27/h12H,2-11H2,1H3,(H,22,23,29)(H,24,25,28). The van der Waals surface area contributed by atoms with E-state index in [-0.39, 0.29) is 22.4 Å². The molecule has 0 bridgehead atoms. The van der Waals surface area contributed by atoms with Gasteiger partial charge in [0.15, 0.2) is 0 Å². The molecule has 1 spiro atoms. The number of hydrogen-bond donors (Lipinski definition) is 2. The SMILES string of the molecule is Cc1ncc(C(=O)N2CCC3(CCc4c3nc(N3CCOCC3)[nH]c4=O)CC2)c(=O)[nH]1. The lowest BCUT2D eigenvalue weighted by molar-refractivity contribution is 0.0661. The zero-order valence-electron chi connectivity index (χ0n) is 17.6. The molecule has 31 heavy (non-hydrogen) atoms. The Morgan fingerprint density at radius 2 is 1.81 bits per heavy atom. The molecule has 2 saturated heterocycles. The highest BCUT2D eigenvalue weighted by Crippen LogP contribution is 2.44. The first-order valence-corrected chi connectivity index (χ1v) is 10.8. The van der Waals surface area contributed by atoms with E-state index in [1.807, 2.05) is 0 Å². The van der Waals surface area contributed by atoms with Crippen molar-refractivity contribution in [1.29, 1.82) is 0 Å². The van der Waals surface area contributed by atoms with Crippen LogP contribution in [0.4, 0.5) is 5.95 Å². The van der Waals surface area contributed by atoms with E-state index in [2.05, 4.69) is 19.9 Å². The van der Waals surface area contributed by atoms with Crippen LogP contribution in [-0.4, -0.2) is 70.1 Å². The molecule has 2 aromatic rings. The van der Waals surface area contributed by atoms with Gasteiger partial charge in [0.1, 0.15) is 11.4 Å². The fourth-order valence-corrected chi connectivity index (χ4v) is 5.00. The molecule has 0 radical (unpaired) electrons. The summed E-state index contributed by atoms with van der Waals surface area (Å²) in [4.78, 5) is 56.1. The summed E-state index contributed by atoms with van der Waals surface area (Å²) in [5.41, 5.74) is 1.07. The number of hydrogen-bond acceptors (Lipinski definition) is 7. The number of morpholine rings is 1. The van der Waals surface area contributed by atoms with E-state index in [1.54, 1.807) is 11.8 Å². The lowest BCUT2D eigenvalue weighted by Gasteiger charge is -2.39. The summed E-state index contributed by atoms with van der Waals surface area (Å²) >= 11 is 0. The van der Waals surface area contributed by atoms with Crippen LogP contribution in [0, 0.1) is 6.92 Å². The van der Waals surface area contributed by atoms with Gasteiger partial charge in [0, 0.05) is 43.4 Å². The Bertz CT molecular complexity index is 1130. The van der Waals surface area contributed by atoms with Crippen LogP contribution < -0.4 is 16.0 Å². The second-order valence-corrected chi connectivity index (χ2v) is 8.60. The van der Waals surface area contributed by atoms with E-state index in [9.17, 15) is 14.4 Å². The number of likely N-dealkylation sites (tertiary alicyclic amines) is 1. The number of nitrogens with zero attached hydrogens (tertiary/aromatic N) is 4. The summed E-state index contributed by atoms with van der Waals surface area (Å²) < 4.78 is 5.41. The first-order valence-electron chi connectivity index (χ1n) is 10.8. The maximum absolute atomic E-state index is 12.9. The summed E-state index contributed by atoms with van der Waals surface area (Å²) in [6.07, 6.45) is 4.36. The van der Waals surface area contributed by atoms with Crippen molar-refractivity contribution in [3.05, 3.63) is 49.5 Å². The Kier molecular flexibility index (Phi) is 4.88. The molecule has 0 aromatic carbocycles. The Morgan fingerprint density at radius 1 is 1.06 bits per heavy atom. The summed E-state index contributed by atoms with van der Waals surface area (Å²) in [6.45, 7) is 5.37. The lowest BCUT2D eigenvalue weighted by atomic mass is 9.76. The van der Waals surface area contributed by atoms with Gasteiger partial charge < -0.3 is 19.5 Å². The lowest BCUT2D eigenvalue weighted by Crippen LogP contribution is -2.46. The van der Waals surface area contributed by atoms with Crippen LogP contribution in [0.3, 0.4) is 0 Å². The minimum Gasteiger partial charge on any atom is -0.378 e. The second-order valence-electron chi connectivity index (χ2n) is 8.60. The number of amides is 1. The minimum atomic E-state index is -0.410. The van der Waals surface area contributed by atoms with E-state index in [1.165, 1.54) is 6.20 Å². The number of aromatic nitrogens is 4. The van der Waals surface area contributed by atoms with Crippen molar-refractivity contribution < 1.29 is 9.53 Å².